The second-order valence-corrected chi connectivity index (χ2v) is 12.6. The molecule has 264 valence electrons. The first-order chi connectivity index (χ1) is 24.4. The monoisotopic (exact) mass is 691 g/mol. The van der Waals surface area contributed by atoms with E-state index in [9.17, 15) is 24.0 Å². The number of nitrogens with zero attached hydrogens (tertiary/aromatic N) is 2. The van der Waals surface area contributed by atoms with Gasteiger partial charge in [0.05, 0.1) is 30.4 Å². The normalized spacial score (nSPS) is 14.9. The molecule has 0 aromatic heterocycles. The van der Waals surface area contributed by atoms with Gasteiger partial charge in [-0.25, -0.2) is 4.79 Å². The van der Waals surface area contributed by atoms with Gasteiger partial charge in [0.2, 0.25) is 5.54 Å². The number of rotatable bonds is 12. The number of likely N-dealkylation sites (N-methyl/N-ethyl adjacent to an activating group) is 1. The Balaban J connectivity index is 1.36. The third-order valence-electron chi connectivity index (χ3n) is 8.56. The van der Waals surface area contributed by atoms with Gasteiger partial charge in [0.1, 0.15) is 12.4 Å². The Labute approximate surface area is 297 Å². The summed E-state index contributed by atoms with van der Waals surface area (Å²) < 4.78 is 16.7. The minimum absolute atomic E-state index is 0.0255. The maximum absolute atomic E-state index is 13.7. The number of nitrogens with one attached hydrogen (secondary N) is 1. The lowest BCUT2D eigenvalue weighted by Gasteiger charge is -2.33. The van der Waals surface area contributed by atoms with Crippen molar-refractivity contribution in [2.45, 2.75) is 38.8 Å². The van der Waals surface area contributed by atoms with Gasteiger partial charge in [-0.15, -0.1) is 0 Å². The molecule has 11 nitrogen and oxygen atoms in total. The Morgan fingerprint density at radius 2 is 1.51 bits per heavy atom. The van der Waals surface area contributed by atoms with E-state index in [-0.39, 0.29) is 30.4 Å². The molecule has 1 aliphatic heterocycles. The third-order valence-corrected chi connectivity index (χ3v) is 8.56. The fourth-order valence-corrected chi connectivity index (χ4v) is 6.03. The molecular formula is C40H41N3O8. The molecule has 0 fully saturated rings. The molecule has 11 heteroatoms. The fourth-order valence-electron chi connectivity index (χ4n) is 6.03. The van der Waals surface area contributed by atoms with Crippen molar-refractivity contribution in [3.05, 3.63) is 119 Å². The zero-order valence-electron chi connectivity index (χ0n) is 29.5. The molecule has 4 aromatic carbocycles. The number of hydrogen-bond donors (Lipinski definition) is 1. The number of esters is 2. The van der Waals surface area contributed by atoms with Crippen LogP contribution in [0.25, 0.3) is 11.1 Å². The molecule has 1 N–H and O–H groups in total. The van der Waals surface area contributed by atoms with Crippen LogP contribution < -0.4 is 10.1 Å². The largest absolute Gasteiger partial charge is 0.491 e. The zero-order chi connectivity index (χ0) is 36.9. The Morgan fingerprint density at radius 1 is 0.843 bits per heavy atom. The van der Waals surface area contributed by atoms with Crippen LogP contribution in [-0.2, 0) is 31.0 Å². The summed E-state index contributed by atoms with van der Waals surface area (Å²) in [6.07, 6.45) is -0.225. The first-order valence-corrected chi connectivity index (χ1v) is 16.6. The second kappa shape index (κ2) is 15.3. The number of ether oxygens (including phenoxy) is 3. The SMILES string of the molecule is CCOC(=O)[C@]1(COC(=O)Cc2ccc(NC(=O)c3ccccc3-c3ccc(OC(C)C)cc3)c(C(=O)N(C)C)c2)c2ccccc2C(=O)N1C. The highest BCUT2D eigenvalue weighted by Gasteiger charge is 2.55. The van der Waals surface area contributed by atoms with E-state index in [1.54, 1.807) is 69.6 Å². The van der Waals surface area contributed by atoms with Crippen LogP contribution in [-0.4, -0.2) is 79.9 Å². The molecule has 1 aliphatic rings. The Kier molecular flexibility index (Phi) is 10.9. The zero-order valence-corrected chi connectivity index (χ0v) is 29.5. The molecular weight excluding hydrogens is 650 g/mol. The van der Waals surface area contributed by atoms with Crippen molar-refractivity contribution in [3.8, 4) is 16.9 Å². The quantitative estimate of drug-likeness (QED) is 0.187. The molecule has 0 unspecified atom stereocenters. The van der Waals surface area contributed by atoms with Crippen LogP contribution in [0.3, 0.4) is 0 Å². The lowest BCUT2D eigenvalue weighted by molar-refractivity contribution is -0.163. The number of anilines is 1. The predicted octanol–water partition coefficient (Wildman–Crippen LogP) is 5.72. The van der Waals surface area contributed by atoms with Crippen molar-refractivity contribution in [1.29, 1.82) is 0 Å². The van der Waals surface area contributed by atoms with E-state index in [4.69, 9.17) is 14.2 Å². The molecule has 0 saturated heterocycles. The highest BCUT2D eigenvalue weighted by Crippen LogP contribution is 2.40. The average molecular weight is 692 g/mol. The van der Waals surface area contributed by atoms with Crippen LogP contribution in [0.15, 0.2) is 91.0 Å². The van der Waals surface area contributed by atoms with Gasteiger partial charge in [-0.05, 0) is 73.9 Å². The van der Waals surface area contributed by atoms with Gasteiger partial charge in [0.25, 0.3) is 17.7 Å². The first kappa shape index (κ1) is 36.3. The summed E-state index contributed by atoms with van der Waals surface area (Å²) in [6, 6.07) is 26.0. The summed E-state index contributed by atoms with van der Waals surface area (Å²) in [6.45, 7) is 5.15. The minimum Gasteiger partial charge on any atom is -0.491 e. The van der Waals surface area contributed by atoms with Crippen molar-refractivity contribution in [2.75, 3.05) is 39.7 Å². The van der Waals surface area contributed by atoms with Crippen LogP contribution in [0.1, 0.15) is 63.0 Å². The van der Waals surface area contributed by atoms with E-state index in [1.165, 1.54) is 22.9 Å². The van der Waals surface area contributed by atoms with E-state index < -0.39 is 41.8 Å². The third kappa shape index (κ3) is 7.47. The molecule has 5 rings (SSSR count). The summed E-state index contributed by atoms with van der Waals surface area (Å²) in [7, 11) is 4.64. The van der Waals surface area contributed by atoms with E-state index in [1.807, 2.05) is 50.2 Å². The summed E-state index contributed by atoms with van der Waals surface area (Å²) in [5.74, 6) is -1.89. The van der Waals surface area contributed by atoms with Gasteiger partial charge in [0, 0.05) is 37.8 Å². The molecule has 0 saturated carbocycles. The lowest BCUT2D eigenvalue weighted by Crippen LogP contribution is -2.52. The number of carbonyl (C=O) groups is 5. The van der Waals surface area contributed by atoms with Crippen molar-refractivity contribution in [1.82, 2.24) is 9.80 Å². The van der Waals surface area contributed by atoms with Crippen LogP contribution in [0.2, 0.25) is 0 Å². The van der Waals surface area contributed by atoms with Gasteiger partial charge in [-0.1, -0.05) is 54.6 Å². The van der Waals surface area contributed by atoms with Crippen molar-refractivity contribution < 1.29 is 38.2 Å². The van der Waals surface area contributed by atoms with E-state index in [0.717, 1.165) is 11.3 Å². The van der Waals surface area contributed by atoms with Gasteiger partial charge < -0.3 is 29.3 Å². The number of benzene rings is 4. The van der Waals surface area contributed by atoms with Crippen LogP contribution in [0.5, 0.6) is 5.75 Å². The number of amides is 3. The number of hydrogen-bond acceptors (Lipinski definition) is 8. The maximum Gasteiger partial charge on any atom is 0.340 e. The summed E-state index contributed by atoms with van der Waals surface area (Å²) in [4.78, 5) is 69.3. The Morgan fingerprint density at radius 3 is 2.18 bits per heavy atom. The fraction of sp³-hybridized carbons (Fsp3) is 0.275. The minimum atomic E-state index is -1.65. The average Bonchev–Trinajstić information content (AvgIpc) is 3.33. The van der Waals surface area contributed by atoms with Crippen LogP contribution >= 0.6 is 0 Å². The molecule has 1 heterocycles. The first-order valence-electron chi connectivity index (χ1n) is 16.6. The molecule has 4 aromatic rings. The predicted molar refractivity (Wildman–Crippen MR) is 192 cm³/mol. The topological polar surface area (TPSA) is 132 Å². The molecule has 51 heavy (non-hydrogen) atoms. The Hall–Kier alpha value is -5.97. The van der Waals surface area contributed by atoms with Crippen LogP contribution in [0.4, 0.5) is 5.69 Å². The van der Waals surface area contributed by atoms with Gasteiger partial charge in [0.15, 0.2) is 0 Å². The molecule has 0 radical (unpaired) electrons. The van der Waals surface area contributed by atoms with E-state index >= 15 is 0 Å². The van der Waals surface area contributed by atoms with Gasteiger partial charge >= 0.3 is 11.9 Å². The molecule has 3 amide bonds. The number of fused-ring (bicyclic) bond motifs is 1. The standard InChI is InChI=1S/C40H41N3O8/c1-7-49-39(48)40(33-15-11-10-14-31(33)38(47)43(40)6)24-50-35(44)23-26-16-21-34(32(22-26)37(46)42(4)5)41-36(45)30-13-9-8-12-29(30)27-17-19-28(20-18-27)51-25(2)3/h8-22,25H,7,23-24H2,1-6H3,(H,41,45)/t40-/m0/s1. The molecule has 1 atom stereocenters. The van der Waals surface area contributed by atoms with Crippen LogP contribution in [0, 0.1) is 0 Å². The Bertz CT molecular complexity index is 1970. The maximum atomic E-state index is 13.7. The highest BCUT2D eigenvalue weighted by atomic mass is 16.6. The number of carbonyl (C=O) groups excluding carboxylic acids is 5. The van der Waals surface area contributed by atoms with Gasteiger partial charge in [-0.2, -0.15) is 0 Å². The summed E-state index contributed by atoms with van der Waals surface area (Å²) in [5, 5.41) is 2.88. The van der Waals surface area contributed by atoms with Crippen molar-refractivity contribution in [3.63, 3.8) is 0 Å². The second-order valence-electron chi connectivity index (χ2n) is 12.6. The van der Waals surface area contributed by atoms with E-state index in [2.05, 4.69) is 5.32 Å². The summed E-state index contributed by atoms with van der Waals surface area (Å²) >= 11 is 0. The molecule has 0 aliphatic carbocycles. The highest BCUT2D eigenvalue weighted by molar-refractivity contribution is 6.12. The molecule has 0 spiro atoms. The van der Waals surface area contributed by atoms with E-state index in [0.29, 0.717) is 27.8 Å². The van der Waals surface area contributed by atoms with Crippen molar-refractivity contribution >= 4 is 35.3 Å². The lowest BCUT2D eigenvalue weighted by atomic mass is 9.90. The summed E-state index contributed by atoms with van der Waals surface area (Å²) in [5.41, 5.74) is 1.85. The molecule has 0 bridgehead atoms. The smallest absolute Gasteiger partial charge is 0.340 e. The van der Waals surface area contributed by atoms with Gasteiger partial charge in [-0.3, -0.25) is 19.2 Å². The van der Waals surface area contributed by atoms with Crippen molar-refractivity contribution in [2.24, 2.45) is 0 Å².